The summed E-state index contributed by atoms with van der Waals surface area (Å²) in [6, 6.07) is 5.54. The highest BCUT2D eigenvalue weighted by Crippen LogP contribution is 2.65. The highest BCUT2D eigenvalue weighted by atomic mass is 16.6. The van der Waals surface area contributed by atoms with Crippen LogP contribution in [0.1, 0.15) is 129 Å². The minimum atomic E-state index is -0.327. The average molecular weight is 643 g/mol. The fourth-order valence-electron chi connectivity index (χ4n) is 11.3. The molecule has 1 aromatic heterocycles. The van der Waals surface area contributed by atoms with Crippen molar-refractivity contribution >= 4 is 16.9 Å². The van der Waals surface area contributed by atoms with E-state index in [9.17, 15) is 9.59 Å². The topological polar surface area (TPSA) is 65.7 Å². The Morgan fingerprint density at radius 3 is 2.66 bits per heavy atom. The van der Waals surface area contributed by atoms with Crippen LogP contribution in [0.25, 0.3) is 11.0 Å². The van der Waals surface area contributed by atoms with Gasteiger partial charge in [0, 0.05) is 23.4 Å². The van der Waals surface area contributed by atoms with Crippen molar-refractivity contribution in [3.05, 3.63) is 51.4 Å². The van der Waals surface area contributed by atoms with Crippen molar-refractivity contribution in [2.75, 3.05) is 6.61 Å². The van der Waals surface area contributed by atoms with Gasteiger partial charge in [-0.05, 0) is 135 Å². The van der Waals surface area contributed by atoms with Crippen LogP contribution in [0.4, 0.5) is 0 Å². The molecule has 1 aromatic carbocycles. The first-order valence-electron chi connectivity index (χ1n) is 19.1. The summed E-state index contributed by atoms with van der Waals surface area (Å²) in [6.07, 6.45) is 20.4. The van der Waals surface area contributed by atoms with E-state index in [-0.39, 0.29) is 29.7 Å². The van der Waals surface area contributed by atoms with Gasteiger partial charge in [-0.1, -0.05) is 65.5 Å². The van der Waals surface area contributed by atoms with Gasteiger partial charge < -0.3 is 13.9 Å². The number of carbonyl (C=O) groups is 1. The van der Waals surface area contributed by atoms with Crippen LogP contribution in [-0.4, -0.2) is 18.7 Å². The Balaban J connectivity index is 0.940. The molecule has 0 amide bonds. The smallest absolute Gasteiger partial charge is 0.344 e. The molecular formula is C42H58O5. The van der Waals surface area contributed by atoms with Gasteiger partial charge in [-0.3, -0.25) is 0 Å². The van der Waals surface area contributed by atoms with Crippen molar-refractivity contribution in [3.8, 4) is 5.75 Å². The first-order chi connectivity index (χ1) is 22.5. The van der Waals surface area contributed by atoms with Gasteiger partial charge in [-0.15, -0.1) is 0 Å². The van der Waals surface area contributed by atoms with E-state index in [0.717, 1.165) is 90.5 Å². The zero-order chi connectivity index (χ0) is 32.9. The van der Waals surface area contributed by atoms with E-state index in [4.69, 9.17) is 13.9 Å². The number of hydrogen-bond acceptors (Lipinski definition) is 5. The van der Waals surface area contributed by atoms with Crippen LogP contribution < -0.4 is 10.4 Å². The van der Waals surface area contributed by atoms with Crippen molar-refractivity contribution in [2.45, 2.75) is 137 Å². The molecule has 0 bridgehead atoms. The summed E-state index contributed by atoms with van der Waals surface area (Å²) in [5.74, 6) is 5.20. The average Bonchev–Trinajstić information content (AvgIpc) is 3.54. The summed E-state index contributed by atoms with van der Waals surface area (Å²) in [5, 5.41) is 0.970. The van der Waals surface area contributed by atoms with Crippen molar-refractivity contribution in [1.29, 1.82) is 0 Å². The molecule has 3 fully saturated rings. The number of hydrogen-bond donors (Lipinski definition) is 0. The van der Waals surface area contributed by atoms with Gasteiger partial charge in [0.25, 0.3) is 0 Å². The molecule has 0 N–H and O–H groups in total. The number of allylic oxidation sites excluding steroid dienone is 1. The number of aryl methyl sites for hydroxylation is 1. The molecule has 2 aromatic rings. The molecule has 8 unspecified atom stereocenters. The quantitative estimate of drug-likeness (QED) is 0.155. The molecular weight excluding hydrogens is 584 g/mol. The molecule has 7 rings (SSSR count). The molecule has 47 heavy (non-hydrogen) atoms. The lowest BCUT2D eigenvalue weighted by atomic mass is 9.44. The third kappa shape index (κ3) is 6.34. The normalized spacial score (nSPS) is 33.7. The van der Waals surface area contributed by atoms with E-state index in [1.165, 1.54) is 63.4 Å². The maximum atomic E-state index is 12.9. The molecule has 1 heterocycles. The van der Waals surface area contributed by atoms with Crippen molar-refractivity contribution < 1.29 is 18.7 Å². The SMILES string of the molecule is CC(C)CCCC(C)C1CCC2C3CC=C4CC(OC(=O)COc5ccc6c7c(c(=O)oc6c5)CCC7)CCC4(C)C3CCC2(C)C1. The van der Waals surface area contributed by atoms with E-state index in [1.54, 1.807) is 6.07 Å². The first-order valence-corrected chi connectivity index (χ1v) is 19.1. The van der Waals surface area contributed by atoms with Crippen LogP contribution in [0.2, 0.25) is 0 Å². The summed E-state index contributed by atoms with van der Waals surface area (Å²) >= 11 is 0. The molecule has 0 radical (unpaired) electrons. The maximum Gasteiger partial charge on any atom is 0.344 e. The van der Waals surface area contributed by atoms with Gasteiger partial charge in [0.1, 0.15) is 17.4 Å². The second-order valence-electron chi connectivity index (χ2n) is 17.3. The van der Waals surface area contributed by atoms with Gasteiger partial charge in [-0.2, -0.15) is 0 Å². The molecule has 5 nitrogen and oxygen atoms in total. The Morgan fingerprint density at radius 2 is 1.83 bits per heavy atom. The van der Waals surface area contributed by atoms with E-state index in [1.807, 2.05) is 12.1 Å². The molecule has 3 saturated carbocycles. The van der Waals surface area contributed by atoms with Crippen LogP contribution in [0.5, 0.6) is 5.75 Å². The molecule has 8 atom stereocenters. The van der Waals surface area contributed by atoms with Crippen LogP contribution >= 0.6 is 0 Å². The first kappa shape index (κ1) is 33.0. The predicted molar refractivity (Wildman–Crippen MR) is 188 cm³/mol. The van der Waals surface area contributed by atoms with Gasteiger partial charge >= 0.3 is 11.6 Å². The van der Waals surface area contributed by atoms with E-state index in [2.05, 4.69) is 40.7 Å². The van der Waals surface area contributed by atoms with E-state index in [0.29, 0.717) is 16.7 Å². The van der Waals surface area contributed by atoms with Crippen LogP contribution in [0.15, 0.2) is 39.1 Å². The van der Waals surface area contributed by atoms with Gasteiger partial charge in [0.2, 0.25) is 0 Å². The Hall–Kier alpha value is -2.56. The lowest BCUT2D eigenvalue weighted by molar-refractivity contribution is -0.154. The Morgan fingerprint density at radius 1 is 1.00 bits per heavy atom. The van der Waals surface area contributed by atoms with Crippen LogP contribution in [0, 0.1) is 46.3 Å². The van der Waals surface area contributed by atoms with E-state index >= 15 is 0 Å². The number of esters is 1. The Kier molecular flexibility index (Phi) is 9.15. The summed E-state index contributed by atoms with van der Waals surface area (Å²) in [4.78, 5) is 25.3. The molecule has 0 spiro atoms. The second kappa shape index (κ2) is 13.0. The van der Waals surface area contributed by atoms with Gasteiger partial charge in [0.15, 0.2) is 6.61 Å². The standard InChI is InChI=1S/C42H58O5/c1-26(2)8-6-9-27(3)28-12-17-36-35-15-13-29-22-31(18-21-42(29,5)37(35)19-20-41(36,4)24-28)46-39(43)25-45-30-14-16-33-32-10-7-11-34(32)40(44)47-38(33)23-30/h13-14,16,23,26-28,31,35-37H,6-12,15,17-22,24-25H2,1-5H3. The van der Waals surface area contributed by atoms with E-state index < -0.39 is 0 Å². The Bertz CT molecular complexity index is 1570. The number of rotatable bonds is 9. The summed E-state index contributed by atoms with van der Waals surface area (Å²) < 4.78 is 17.4. The lowest BCUT2D eigenvalue weighted by Gasteiger charge is -2.61. The third-order valence-electron chi connectivity index (χ3n) is 14.0. The second-order valence-corrected chi connectivity index (χ2v) is 17.3. The molecule has 5 heteroatoms. The number of carbonyl (C=O) groups excluding carboxylic acids is 1. The minimum absolute atomic E-state index is 0.0827. The monoisotopic (exact) mass is 642 g/mol. The van der Waals surface area contributed by atoms with Crippen molar-refractivity contribution in [3.63, 3.8) is 0 Å². The molecule has 0 aliphatic heterocycles. The Labute approximate surface area is 282 Å². The number of benzene rings is 1. The highest BCUT2D eigenvalue weighted by Gasteiger charge is 2.56. The third-order valence-corrected chi connectivity index (χ3v) is 14.0. The summed E-state index contributed by atoms with van der Waals surface area (Å²) in [6.45, 7) is 12.3. The fourth-order valence-corrected chi connectivity index (χ4v) is 11.3. The summed E-state index contributed by atoms with van der Waals surface area (Å²) in [7, 11) is 0. The molecule has 0 saturated heterocycles. The number of fused-ring (bicyclic) bond motifs is 8. The maximum absolute atomic E-state index is 12.9. The zero-order valence-corrected chi connectivity index (χ0v) is 29.7. The van der Waals surface area contributed by atoms with Crippen LogP contribution in [0.3, 0.4) is 0 Å². The fraction of sp³-hybridized carbons (Fsp3) is 0.714. The molecule has 5 aliphatic carbocycles. The van der Waals surface area contributed by atoms with Gasteiger partial charge in [0.05, 0.1) is 0 Å². The number of ether oxygens (including phenoxy) is 2. The summed E-state index contributed by atoms with van der Waals surface area (Å²) in [5.41, 5.74) is 4.46. The minimum Gasteiger partial charge on any atom is -0.482 e. The zero-order valence-electron chi connectivity index (χ0n) is 29.7. The molecule has 256 valence electrons. The van der Waals surface area contributed by atoms with Gasteiger partial charge in [-0.25, -0.2) is 9.59 Å². The lowest BCUT2D eigenvalue weighted by Crippen LogP contribution is -2.52. The van der Waals surface area contributed by atoms with Crippen molar-refractivity contribution in [1.82, 2.24) is 0 Å². The largest absolute Gasteiger partial charge is 0.482 e. The molecule has 5 aliphatic rings. The van der Waals surface area contributed by atoms with Crippen LogP contribution in [-0.2, 0) is 22.4 Å². The highest BCUT2D eigenvalue weighted by molar-refractivity contribution is 5.83. The predicted octanol–water partition coefficient (Wildman–Crippen LogP) is 10.0. The van der Waals surface area contributed by atoms with Crippen molar-refractivity contribution in [2.24, 2.45) is 46.3 Å².